The van der Waals surface area contributed by atoms with E-state index in [0.717, 1.165) is 30.6 Å². The number of ether oxygens (including phenoxy) is 1. The van der Waals surface area contributed by atoms with E-state index >= 15 is 0 Å². The molecule has 1 amide bonds. The van der Waals surface area contributed by atoms with Crippen LogP contribution in [0.4, 0.5) is 0 Å². The van der Waals surface area contributed by atoms with Crippen molar-refractivity contribution in [3.8, 4) is 11.8 Å². The molecule has 0 unspecified atom stereocenters. The summed E-state index contributed by atoms with van der Waals surface area (Å²) in [5.41, 5.74) is 2.31. The smallest absolute Gasteiger partial charge is 0.251 e. The molecule has 0 saturated carbocycles. The molecular weight excluding hydrogens is 266 g/mol. The van der Waals surface area contributed by atoms with Gasteiger partial charge in [-0.05, 0) is 31.0 Å². The van der Waals surface area contributed by atoms with Gasteiger partial charge in [0.25, 0.3) is 5.91 Å². The van der Waals surface area contributed by atoms with Gasteiger partial charge >= 0.3 is 0 Å². The fourth-order valence-electron chi connectivity index (χ4n) is 1.72. The van der Waals surface area contributed by atoms with Crippen LogP contribution < -0.4 is 5.32 Å². The second kappa shape index (κ2) is 9.98. The Morgan fingerprint density at radius 1 is 1.38 bits per heavy atom. The summed E-state index contributed by atoms with van der Waals surface area (Å²) < 4.78 is 5.39. The monoisotopic (exact) mass is 289 g/mol. The lowest BCUT2D eigenvalue weighted by atomic mass is 10.0. The molecule has 0 fully saturated rings. The van der Waals surface area contributed by atoms with Crippen molar-refractivity contribution in [2.24, 2.45) is 0 Å². The van der Waals surface area contributed by atoms with Gasteiger partial charge in [0, 0.05) is 24.3 Å². The number of rotatable bonds is 7. The molecule has 0 heterocycles. The topological polar surface area (TPSA) is 58.6 Å². The van der Waals surface area contributed by atoms with E-state index < -0.39 is 0 Å². The van der Waals surface area contributed by atoms with Gasteiger partial charge < -0.3 is 15.2 Å². The molecule has 4 heteroatoms. The number of carbonyl (C=O) groups is 1. The summed E-state index contributed by atoms with van der Waals surface area (Å²) in [4.78, 5) is 12.0. The SMILES string of the molecule is CCCCOCCNC(=O)c1ccc(C)c(C#CCO)c1. The van der Waals surface area contributed by atoms with E-state index in [1.54, 1.807) is 12.1 Å². The van der Waals surface area contributed by atoms with Gasteiger partial charge in [-0.3, -0.25) is 4.79 Å². The van der Waals surface area contributed by atoms with E-state index in [-0.39, 0.29) is 12.5 Å². The van der Waals surface area contributed by atoms with Gasteiger partial charge in [-0.2, -0.15) is 0 Å². The van der Waals surface area contributed by atoms with Crippen molar-refractivity contribution < 1.29 is 14.6 Å². The molecule has 0 spiro atoms. The summed E-state index contributed by atoms with van der Waals surface area (Å²) in [6.45, 7) is 5.59. The zero-order chi connectivity index (χ0) is 15.5. The molecule has 1 rings (SSSR count). The van der Waals surface area contributed by atoms with Gasteiger partial charge in [0.15, 0.2) is 0 Å². The summed E-state index contributed by atoms with van der Waals surface area (Å²) in [6, 6.07) is 5.37. The standard InChI is InChI=1S/C17H23NO3/c1-3-4-11-21-12-9-18-17(20)16-8-7-14(2)15(13-16)6-5-10-19/h7-8,13,19H,3-4,9-12H2,1-2H3,(H,18,20). The maximum absolute atomic E-state index is 12.0. The first-order valence-electron chi connectivity index (χ1n) is 7.25. The molecule has 0 aliphatic heterocycles. The molecule has 114 valence electrons. The lowest BCUT2D eigenvalue weighted by Gasteiger charge is -2.07. The van der Waals surface area contributed by atoms with Crippen LogP contribution in [0.1, 0.15) is 41.3 Å². The number of aliphatic hydroxyl groups is 1. The third-order valence-corrected chi connectivity index (χ3v) is 2.98. The highest BCUT2D eigenvalue weighted by Crippen LogP contribution is 2.10. The highest BCUT2D eigenvalue weighted by atomic mass is 16.5. The Morgan fingerprint density at radius 3 is 2.90 bits per heavy atom. The Kier molecular flexibility index (Phi) is 8.18. The van der Waals surface area contributed by atoms with Crippen LogP contribution in [-0.2, 0) is 4.74 Å². The van der Waals surface area contributed by atoms with Crippen molar-refractivity contribution in [2.45, 2.75) is 26.7 Å². The van der Waals surface area contributed by atoms with Crippen LogP contribution in [0, 0.1) is 18.8 Å². The van der Waals surface area contributed by atoms with Crippen molar-refractivity contribution in [3.05, 3.63) is 34.9 Å². The molecule has 0 radical (unpaired) electrons. The third kappa shape index (κ3) is 6.44. The van der Waals surface area contributed by atoms with E-state index in [4.69, 9.17) is 9.84 Å². The molecule has 4 nitrogen and oxygen atoms in total. The van der Waals surface area contributed by atoms with E-state index in [1.807, 2.05) is 13.0 Å². The first-order chi connectivity index (χ1) is 10.2. The minimum absolute atomic E-state index is 0.138. The molecule has 0 aliphatic rings. The van der Waals surface area contributed by atoms with Crippen LogP contribution >= 0.6 is 0 Å². The minimum atomic E-state index is -0.190. The Morgan fingerprint density at radius 2 is 2.19 bits per heavy atom. The molecule has 21 heavy (non-hydrogen) atoms. The number of amides is 1. The molecule has 0 aromatic heterocycles. The Bertz CT molecular complexity index is 515. The largest absolute Gasteiger partial charge is 0.384 e. The van der Waals surface area contributed by atoms with Gasteiger partial charge in [0.05, 0.1) is 6.61 Å². The zero-order valence-corrected chi connectivity index (χ0v) is 12.7. The molecule has 0 aliphatic carbocycles. The number of nitrogens with one attached hydrogen (secondary N) is 1. The van der Waals surface area contributed by atoms with Crippen molar-refractivity contribution in [3.63, 3.8) is 0 Å². The van der Waals surface area contributed by atoms with E-state index in [0.29, 0.717) is 18.7 Å². The first-order valence-corrected chi connectivity index (χ1v) is 7.25. The minimum Gasteiger partial charge on any atom is -0.384 e. The van der Waals surface area contributed by atoms with Gasteiger partial charge in [-0.25, -0.2) is 0 Å². The van der Waals surface area contributed by atoms with Gasteiger partial charge in [0.1, 0.15) is 6.61 Å². The predicted octanol–water partition coefficient (Wildman–Crippen LogP) is 1.89. The molecule has 1 aromatic rings. The molecule has 0 saturated heterocycles. The fourth-order valence-corrected chi connectivity index (χ4v) is 1.72. The maximum atomic E-state index is 12.0. The molecule has 0 atom stereocenters. The van der Waals surface area contributed by atoms with Crippen LogP contribution in [-0.4, -0.2) is 37.4 Å². The number of hydrogen-bond donors (Lipinski definition) is 2. The highest BCUT2D eigenvalue weighted by Gasteiger charge is 2.06. The normalized spacial score (nSPS) is 9.86. The highest BCUT2D eigenvalue weighted by molar-refractivity contribution is 5.94. The molecular formula is C17H23NO3. The number of benzene rings is 1. The molecule has 1 aromatic carbocycles. The Hall–Kier alpha value is -1.83. The Balaban J connectivity index is 2.50. The Labute approximate surface area is 126 Å². The average molecular weight is 289 g/mol. The summed E-state index contributed by atoms with van der Waals surface area (Å²) in [5.74, 6) is 5.30. The first kappa shape index (κ1) is 17.2. The zero-order valence-electron chi connectivity index (χ0n) is 12.7. The van der Waals surface area contributed by atoms with Crippen molar-refractivity contribution >= 4 is 5.91 Å². The van der Waals surface area contributed by atoms with Crippen LogP contribution in [0.25, 0.3) is 0 Å². The number of unbranched alkanes of at least 4 members (excludes halogenated alkanes) is 1. The van der Waals surface area contributed by atoms with Crippen LogP contribution in [0.5, 0.6) is 0 Å². The van der Waals surface area contributed by atoms with Crippen molar-refractivity contribution in [1.82, 2.24) is 5.32 Å². The third-order valence-electron chi connectivity index (χ3n) is 2.98. The van der Waals surface area contributed by atoms with E-state index in [9.17, 15) is 4.79 Å². The summed E-state index contributed by atoms with van der Waals surface area (Å²) in [7, 11) is 0. The predicted molar refractivity (Wildman–Crippen MR) is 83.2 cm³/mol. The number of aryl methyl sites for hydroxylation is 1. The lowest BCUT2D eigenvalue weighted by molar-refractivity contribution is 0.0912. The average Bonchev–Trinajstić information content (AvgIpc) is 2.49. The fraction of sp³-hybridized carbons (Fsp3) is 0.471. The van der Waals surface area contributed by atoms with E-state index in [2.05, 4.69) is 24.1 Å². The van der Waals surface area contributed by atoms with Gasteiger partial charge in [0.2, 0.25) is 0 Å². The summed E-state index contributed by atoms with van der Waals surface area (Å²) in [5, 5.41) is 11.6. The van der Waals surface area contributed by atoms with Gasteiger partial charge in [-0.1, -0.05) is 31.3 Å². The van der Waals surface area contributed by atoms with Crippen LogP contribution in [0.3, 0.4) is 0 Å². The second-order valence-corrected chi connectivity index (χ2v) is 4.71. The maximum Gasteiger partial charge on any atom is 0.251 e. The number of carbonyl (C=O) groups excluding carboxylic acids is 1. The summed E-state index contributed by atoms with van der Waals surface area (Å²) in [6.07, 6.45) is 2.15. The van der Waals surface area contributed by atoms with Crippen LogP contribution in [0.2, 0.25) is 0 Å². The van der Waals surface area contributed by atoms with Gasteiger partial charge in [-0.15, -0.1) is 0 Å². The molecule has 2 N–H and O–H groups in total. The van der Waals surface area contributed by atoms with Crippen molar-refractivity contribution in [1.29, 1.82) is 0 Å². The molecule has 0 bridgehead atoms. The van der Waals surface area contributed by atoms with E-state index in [1.165, 1.54) is 0 Å². The number of aliphatic hydroxyl groups excluding tert-OH is 1. The second-order valence-electron chi connectivity index (χ2n) is 4.71. The van der Waals surface area contributed by atoms with Crippen molar-refractivity contribution in [2.75, 3.05) is 26.4 Å². The van der Waals surface area contributed by atoms with Crippen LogP contribution in [0.15, 0.2) is 18.2 Å². The quantitative estimate of drug-likeness (QED) is 0.595. The summed E-state index contributed by atoms with van der Waals surface area (Å²) >= 11 is 0. The number of hydrogen-bond acceptors (Lipinski definition) is 3. The lowest BCUT2D eigenvalue weighted by Crippen LogP contribution is -2.27.